The number of hydrogen-bond donors (Lipinski definition) is 0. The summed E-state index contributed by atoms with van der Waals surface area (Å²) in [6.45, 7) is 0. The molecule has 2 aromatic carbocycles. The second-order valence-corrected chi connectivity index (χ2v) is 5.57. The molecule has 1 atom stereocenters. The zero-order valence-corrected chi connectivity index (χ0v) is 12.4. The van der Waals surface area contributed by atoms with Crippen LogP contribution < -0.4 is 0 Å². The number of nitrogens with zero attached hydrogens (tertiary/aromatic N) is 1. The largest absolute Gasteiger partial charge is 0.374 e. The minimum Gasteiger partial charge on any atom is -0.374 e. The van der Waals surface area contributed by atoms with Gasteiger partial charge in [0.2, 0.25) is 0 Å². The van der Waals surface area contributed by atoms with Crippen molar-refractivity contribution in [2.75, 3.05) is 7.05 Å². The van der Waals surface area contributed by atoms with E-state index in [1.807, 2.05) is 0 Å². The Bertz CT molecular complexity index is 573. The minimum absolute atomic E-state index is 0.427. The third-order valence-electron chi connectivity index (χ3n) is 4.17. The molecule has 3 rings (SSSR count). The van der Waals surface area contributed by atoms with Gasteiger partial charge in [0.15, 0.2) is 0 Å². The summed E-state index contributed by atoms with van der Waals surface area (Å²) in [4.78, 5) is 2.29. The molecule has 1 aliphatic heterocycles. The van der Waals surface area contributed by atoms with E-state index < -0.39 is 0 Å². The van der Waals surface area contributed by atoms with Gasteiger partial charge in [-0.15, -0.1) is 0 Å². The number of rotatable bonds is 4. The highest BCUT2D eigenvalue weighted by Crippen LogP contribution is 2.31. The lowest BCUT2D eigenvalue weighted by Gasteiger charge is -2.30. The van der Waals surface area contributed by atoms with Gasteiger partial charge in [0.1, 0.15) is 0 Å². The van der Waals surface area contributed by atoms with Gasteiger partial charge in [-0.3, -0.25) is 0 Å². The molecule has 1 heteroatoms. The molecule has 0 spiro atoms. The monoisotopic (exact) mass is 275 g/mol. The van der Waals surface area contributed by atoms with Crippen LogP contribution in [0.1, 0.15) is 23.5 Å². The average Bonchev–Trinajstić information content (AvgIpc) is 2.56. The molecule has 0 fully saturated rings. The van der Waals surface area contributed by atoms with Crippen LogP contribution in [0.2, 0.25) is 0 Å². The second-order valence-electron chi connectivity index (χ2n) is 5.57. The first-order valence-electron chi connectivity index (χ1n) is 7.51. The molecule has 0 amide bonds. The molecular formula is C20H21N. The number of likely N-dealkylation sites (N-methyl/N-ethyl adjacent to an activating group) is 1. The fourth-order valence-electron chi connectivity index (χ4n) is 2.95. The third kappa shape index (κ3) is 3.25. The van der Waals surface area contributed by atoms with Gasteiger partial charge in [-0.1, -0.05) is 72.8 Å². The van der Waals surface area contributed by atoms with Crippen molar-refractivity contribution >= 4 is 0 Å². The van der Waals surface area contributed by atoms with Crippen LogP contribution in [-0.4, -0.2) is 18.0 Å². The van der Waals surface area contributed by atoms with E-state index in [4.69, 9.17) is 0 Å². The van der Waals surface area contributed by atoms with E-state index in [9.17, 15) is 0 Å². The summed E-state index contributed by atoms with van der Waals surface area (Å²) in [5.74, 6) is 0.427. The molecule has 0 radical (unpaired) electrons. The Kier molecular flexibility index (Phi) is 4.20. The minimum atomic E-state index is 0.427. The Morgan fingerprint density at radius 3 is 1.95 bits per heavy atom. The molecule has 21 heavy (non-hydrogen) atoms. The summed E-state index contributed by atoms with van der Waals surface area (Å²) in [5, 5.41) is 0. The van der Waals surface area contributed by atoms with Gasteiger partial charge in [0.25, 0.3) is 0 Å². The van der Waals surface area contributed by atoms with E-state index in [1.165, 1.54) is 11.1 Å². The normalized spacial score (nSPS) is 17.4. The number of benzene rings is 2. The average molecular weight is 275 g/mol. The van der Waals surface area contributed by atoms with Crippen LogP contribution in [0.15, 0.2) is 85.1 Å². The summed E-state index contributed by atoms with van der Waals surface area (Å²) in [7, 11) is 2.15. The lowest BCUT2D eigenvalue weighted by atomic mass is 9.85. The molecule has 0 saturated carbocycles. The van der Waals surface area contributed by atoms with Gasteiger partial charge in [0, 0.05) is 19.0 Å². The van der Waals surface area contributed by atoms with E-state index in [0.29, 0.717) is 12.0 Å². The van der Waals surface area contributed by atoms with Crippen LogP contribution in [0.4, 0.5) is 0 Å². The zero-order chi connectivity index (χ0) is 14.5. The predicted octanol–water partition coefficient (Wildman–Crippen LogP) is 4.59. The number of allylic oxidation sites excluding steroid dienone is 2. The molecule has 0 N–H and O–H groups in total. The summed E-state index contributed by atoms with van der Waals surface area (Å²) in [5.41, 5.74) is 2.78. The number of hydrogen-bond acceptors (Lipinski definition) is 1. The Balaban J connectivity index is 1.90. The maximum atomic E-state index is 2.29. The summed E-state index contributed by atoms with van der Waals surface area (Å²) < 4.78 is 0. The van der Waals surface area contributed by atoms with Crippen LogP contribution in [-0.2, 0) is 0 Å². The molecule has 0 aliphatic carbocycles. The maximum absolute atomic E-state index is 2.29. The van der Waals surface area contributed by atoms with Crippen LogP contribution in [0.5, 0.6) is 0 Å². The molecule has 1 unspecified atom stereocenters. The Morgan fingerprint density at radius 2 is 1.43 bits per heavy atom. The topological polar surface area (TPSA) is 3.24 Å². The molecule has 2 aromatic rings. The van der Waals surface area contributed by atoms with E-state index in [0.717, 1.165) is 6.42 Å². The highest BCUT2D eigenvalue weighted by molar-refractivity contribution is 5.33. The van der Waals surface area contributed by atoms with Crippen molar-refractivity contribution in [3.8, 4) is 0 Å². The van der Waals surface area contributed by atoms with Gasteiger partial charge in [-0.05, 0) is 29.8 Å². The van der Waals surface area contributed by atoms with E-state index in [2.05, 4.69) is 97.0 Å². The first-order chi connectivity index (χ1) is 10.3. The van der Waals surface area contributed by atoms with Crippen molar-refractivity contribution in [3.05, 3.63) is 96.2 Å². The SMILES string of the molecule is CN1C=CC=CC1CC(c1ccccc1)c1ccccc1. The highest BCUT2D eigenvalue weighted by atomic mass is 15.1. The first kappa shape index (κ1) is 13.7. The van der Waals surface area contributed by atoms with Crippen molar-refractivity contribution in [1.82, 2.24) is 4.90 Å². The maximum Gasteiger partial charge on any atom is 0.0476 e. The molecule has 0 aromatic heterocycles. The van der Waals surface area contributed by atoms with Crippen molar-refractivity contribution in [2.45, 2.75) is 18.4 Å². The first-order valence-corrected chi connectivity index (χ1v) is 7.51. The lowest BCUT2D eigenvalue weighted by molar-refractivity contribution is 0.351. The van der Waals surface area contributed by atoms with E-state index in [-0.39, 0.29) is 0 Å². The van der Waals surface area contributed by atoms with Crippen LogP contribution in [0.3, 0.4) is 0 Å². The molecule has 1 aliphatic rings. The van der Waals surface area contributed by atoms with Crippen molar-refractivity contribution in [1.29, 1.82) is 0 Å². The summed E-state index contributed by atoms with van der Waals surface area (Å²) >= 11 is 0. The molecular weight excluding hydrogens is 254 g/mol. The zero-order valence-electron chi connectivity index (χ0n) is 12.4. The fourth-order valence-corrected chi connectivity index (χ4v) is 2.95. The third-order valence-corrected chi connectivity index (χ3v) is 4.17. The summed E-state index contributed by atoms with van der Waals surface area (Å²) in [6.07, 6.45) is 9.77. The van der Waals surface area contributed by atoms with Crippen LogP contribution in [0.25, 0.3) is 0 Å². The quantitative estimate of drug-likeness (QED) is 0.788. The summed E-state index contributed by atoms with van der Waals surface area (Å²) in [6, 6.07) is 22.1. The highest BCUT2D eigenvalue weighted by Gasteiger charge is 2.20. The van der Waals surface area contributed by atoms with Crippen molar-refractivity contribution in [3.63, 3.8) is 0 Å². The standard InChI is InChI=1S/C20H21N/c1-21-15-9-8-14-19(21)16-20(17-10-4-2-5-11-17)18-12-6-3-7-13-18/h2-15,19-20H,16H2,1H3. The molecule has 0 saturated heterocycles. The van der Waals surface area contributed by atoms with Gasteiger partial charge >= 0.3 is 0 Å². The predicted molar refractivity (Wildman–Crippen MR) is 89.2 cm³/mol. The molecule has 0 bridgehead atoms. The van der Waals surface area contributed by atoms with Gasteiger partial charge in [-0.25, -0.2) is 0 Å². The second kappa shape index (κ2) is 6.45. The fraction of sp³-hybridized carbons (Fsp3) is 0.200. The molecule has 1 heterocycles. The molecule has 106 valence electrons. The van der Waals surface area contributed by atoms with Gasteiger partial charge < -0.3 is 4.90 Å². The smallest absolute Gasteiger partial charge is 0.0476 e. The Hall–Kier alpha value is -2.28. The lowest BCUT2D eigenvalue weighted by Crippen LogP contribution is -2.28. The Labute approximate surface area is 127 Å². The van der Waals surface area contributed by atoms with Crippen molar-refractivity contribution < 1.29 is 0 Å². The molecule has 1 nitrogen and oxygen atoms in total. The van der Waals surface area contributed by atoms with E-state index in [1.54, 1.807) is 0 Å². The Morgan fingerprint density at radius 1 is 0.857 bits per heavy atom. The van der Waals surface area contributed by atoms with Gasteiger partial charge in [0.05, 0.1) is 0 Å². The van der Waals surface area contributed by atoms with Crippen LogP contribution in [0, 0.1) is 0 Å². The van der Waals surface area contributed by atoms with E-state index >= 15 is 0 Å². The van der Waals surface area contributed by atoms with Crippen molar-refractivity contribution in [2.24, 2.45) is 0 Å². The van der Waals surface area contributed by atoms with Gasteiger partial charge in [-0.2, -0.15) is 0 Å². The van der Waals surface area contributed by atoms with Crippen LogP contribution >= 0.6 is 0 Å².